The van der Waals surface area contributed by atoms with Gasteiger partial charge in [-0.3, -0.25) is 0 Å². The maximum atomic E-state index is 6.06. The Morgan fingerprint density at radius 1 is 1.25 bits per heavy atom. The van der Waals surface area contributed by atoms with Gasteiger partial charge in [-0.15, -0.1) is 0 Å². The topological polar surface area (TPSA) is 43.6 Å². The van der Waals surface area contributed by atoms with Crippen molar-refractivity contribution >= 4 is 22.6 Å². The molecule has 0 radical (unpaired) electrons. The lowest BCUT2D eigenvalue weighted by atomic mass is 10.1. The van der Waals surface area contributed by atoms with Gasteiger partial charge >= 0.3 is 0 Å². The van der Waals surface area contributed by atoms with Crippen LogP contribution in [0.3, 0.4) is 0 Å². The fourth-order valence-electron chi connectivity index (χ4n) is 1.57. The summed E-state index contributed by atoms with van der Waals surface area (Å²) in [4.78, 5) is 8.53. The smallest absolute Gasteiger partial charge is 0.163 e. The van der Waals surface area contributed by atoms with Gasteiger partial charge in [0.05, 0.1) is 17.6 Å². The Balaban J connectivity index is 2.64. The van der Waals surface area contributed by atoms with Gasteiger partial charge in [-0.2, -0.15) is 5.10 Å². The van der Waals surface area contributed by atoms with Crippen LogP contribution in [0.25, 0.3) is 11.0 Å². The molecule has 2 aromatic heterocycles. The van der Waals surface area contributed by atoms with Gasteiger partial charge in [0, 0.05) is 0 Å². The summed E-state index contributed by atoms with van der Waals surface area (Å²) in [6.45, 7) is 8.28. The summed E-state index contributed by atoms with van der Waals surface area (Å²) in [6, 6.07) is 0.294. The summed E-state index contributed by atoms with van der Waals surface area (Å²) in [5, 5.41) is 5.64. The van der Waals surface area contributed by atoms with Crippen molar-refractivity contribution in [3.05, 3.63) is 17.2 Å². The van der Waals surface area contributed by atoms with Crippen molar-refractivity contribution in [3.8, 4) is 0 Å². The zero-order chi connectivity index (χ0) is 11.9. The van der Waals surface area contributed by atoms with E-state index in [2.05, 4.69) is 35.8 Å². The van der Waals surface area contributed by atoms with Crippen LogP contribution in [0.5, 0.6) is 0 Å². The van der Waals surface area contributed by atoms with Crippen LogP contribution in [0.2, 0.25) is 5.15 Å². The number of aromatic nitrogens is 4. The first kappa shape index (κ1) is 11.3. The molecule has 0 saturated heterocycles. The third kappa shape index (κ3) is 1.78. The minimum absolute atomic E-state index is 0.294. The van der Waals surface area contributed by atoms with E-state index in [1.54, 1.807) is 6.20 Å². The molecule has 1 atom stereocenters. The summed E-state index contributed by atoms with van der Waals surface area (Å²) in [5.41, 5.74) is 0.818. The highest BCUT2D eigenvalue weighted by Crippen LogP contribution is 2.24. The van der Waals surface area contributed by atoms with E-state index < -0.39 is 0 Å². The molecule has 1 unspecified atom stereocenters. The average Bonchev–Trinajstić information content (AvgIpc) is 2.60. The van der Waals surface area contributed by atoms with E-state index in [1.807, 2.05) is 11.6 Å². The highest BCUT2D eigenvalue weighted by molar-refractivity contribution is 6.33. The number of hydrogen-bond acceptors (Lipinski definition) is 3. The summed E-state index contributed by atoms with van der Waals surface area (Å²) < 4.78 is 1.92. The first-order chi connectivity index (χ1) is 7.50. The standard InChI is InChI=1S/C11H15ClN4/c1-6(2)7(3)16-11-9(5-13-16)10(12)14-8(4)15-11/h5-7H,1-4H3. The molecule has 16 heavy (non-hydrogen) atoms. The van der Waals surface area contributed by atoms with Crippen LogP contribution < -0.4 is 0 Å². The second-order valence-corrected chi connectivity index (χ2v) is 4.73. The van der Waals surface area contributed by atoms with Crippen molar-refractivity contribution in [2.24, 2.45) is 5.92 Å². The zero-order valence-corrected chi connectivity index (χ0v) is 10.7. The number of halogens is 1. The van der Waals surface area contributed by atoms with Crippen molar-refractivity contribution < 1.29 is 0 Å². The van der Waals surface area contributed by atoms with Crippen molar-refractivity contribution in [1.29, 1.82) is 0 Å². The molecule has 0 aromatic carbocycles. The van der Waals surface area contributed by atoms with Gasteiger partial charge in [-0.05, 0) is 19.8 Å². The molecule has 5 heteroatoms. The molecule has 86 valence electrons. The maximum absolute atomic E-state index is 6.06. The van der Waals surface area contributed by atoms with Crippen LogP contribution in [0.15, 0.2) is 6.20 Å². The molecule has 0 saturated carbocycles. The molecule has 0 aliphatic rings. The van der Waals surface area contributed by atoms with Crippen molar-refractivity contribution in [2.75, 3.05) is 0 Å². The normalized spacial score (nSPS) is 13.6. The second-order valence-electron chi connectivity index (χ2n) is 4.37. The van der Waals surface area contributed by atoms with Gasteiger partial charge in [-0.1, -0.05) is 25.4 Å². The summed E-state index contributed by atoms with van der Waals surface area (Å²) in [5.74, 6) is 1.17. The molecule has 2 aromatic rings. The van der Waals surface area contributed by atoms with Crippen LogP contribution in [0, 0.1) is 12.8 Å². The van der Waals surface area contributed by atoms with Gasteiger partial charge in [0.15, 0.2) is 5.65 Å². The van der Waals surface area contributed by atoms with Gasteiger partial charge in [0.25, 0.3) is 0 Å². The van der Waals surface area contributed by atoms with Crippen molar-refractivity contribution in [2.45, 2.75) is 33.7 Å². The maximum Gasteiger partial charge on any atom is 0.163 e. The minimum Gasteiger partial charge on any atom is -0.244 e. The van der Waals surface area contributed by atoms with Crippen LogP contribution >= 0.6 is 11.6 Å². The molecule has 0 fully saturated rings. The summed E-state index contributed by atoms with van der Waals surface area (Å²) in [7, 11) is 0. The fourth-order valence-corrected chi connectivity index (χ4v) is 1.83. The highest BCUT2D eigenvalue weighted by Gasteiger charge is 2.16. The molecule has 0 N–H and O–H groups in total. The lowest BCUT2D eigenvalue weighted by Gasteiger charge is -2.16. The SMILES string of the molecule is Cc1nc(Cl)c2cnn(C(C)C(C)C)c2n1. The number of rotatable bonds is 2. The molecule has 0 bridgehead atoms. The van der Waals surface area contributed by atoms with Gasteiger partial charge < -0.3 is 0 Å². The Hall–Kier alpha value is -1.16. The monoisotopic (exact) mass is 238 g/mol. The Morgan fingerprint density at radius 2 is 1.94 bits per heavy atom. The number of nitrogens with zero attached hydrogens (tertiary/aromatic N) is 4. The highest BCUT2D eigenvalue weighted by atomic mass is 35.5. The quantitative estimate of drug-likeness (QED) is 0.756. The fraction of sp³-hybridized carbons (Fsp3) is 0.545. The molecule has 0 aliphatic heterocycles. The van der Waals surface area contributed by atoms with Crippen molar-refractivity contribution in [1.82, 2.24) is 19.7 Å². The zero-order valence-electron chi connectivity index (χ0n) is 9.90. The second kappa shape index (κ2) is 4.01. The lowest BCUT2D eigenvalue weighted by molar-refractivity contribution is 0.383. The predicted octanol–water partition coefficient (Wildman–Crippen LogP) is 3.01. The molecule has 0 amide bonds. The van der Waals surface area contributed by atoms with Crippen LogP contribution in [-0.4, -0.2) is 19.7 Å². The Morgan fingerprint density at radius 3 is 2.56 bits per heavy atom. The van der Waals surface area contributed by atoms with Gasteiger partial charge in [0.1, 0.15) is 11.0 Å². The Labute approximate surface area is 99.7 Å². The third-order valence-electron chi connectivity index (χ3n) is 2.87. The van der Waals surface area contributed by atoms with E-state index in [0.29, 0.717) is 22.9 Å². The first-order valence-electron chi connectivity index (χ1n) is 5.38. The first-order valence-corrected chi connectivity index (χ1v) is 5.76. The van der Waals surface area contributed by atoms with Crippen LogP contribution in [0.4, 0.5) is 0 Å². The van der Waals surface area contributed by atoms with E-state index >= 15 is 0 Å². The van der Waals surface area contributed by atoms with E-state index in [1.165, 1.54) is 0 Å². The van der Waals surface area contributed by atoms with E-state index in [0.717, 1.165) is 11.0 Å². The molecule has 2 heterocycles. The summed E-state index contributed by atoms with van der Waals surface area (Å²) in [6.07, 6.45) is 1.73. The number of aryl methyl sites for hydroxylation is 1. The van der Waals surface area contributed by atoms with E-state index in [4.69, 9.17) is 11.6 Å². The number of hydrogen-bond donors (Lipinski definition) is 0. The largest absolute Gasteiger partial charge is 0.244 e. The van der Waals surface area contributed by atoms with E-state index in [9.17, 15) is 0 Å². The molecular formula is C11H15ClN4. The summed E-state index contributed by atoms with van der Waals surface area (Å²) >= 11 is 6.06. The Kier molecular flexibility index (Phi) is 2.84. The number of fused-ring (bicyclic) bond motifs is 1. The molecule has 0 spiro atoms. The van der Waals surface area contributed by atoms with Crippen LogP contribution in [0.1, 0.15) is 32.6 Å². The molecular weight excluding hydrogens is 224 g/mol. The van der Waals surface area contributed by atoms with Crippen LogP contribution in [-0.2, 0) is 0 Å². The molecule has 4 nitrogen and oxygen atoms in total. The van der Waals surface area contributed by atoms with Gasteiger partial charge in [-0.25, -0.2) is 14.6 Å². The molecule has 2 rings (SSSR count). The van der Waals surface area contributed by atoms with Gasteiger partial charge in [0.2, 0.25) is 0 Å². The lowest BCUT2D eigenvalue weighted by Crippen LogP contribution is -2.13. The van der Waals surface area contributed by atoms with Crippen molar-refractivity contribution in [3.63, 3.8) is 0 Å². The third-order valence-corrected chi connectivity index (χ3v) is 3.16. The molecule has 0 aliphatic carbocycles. The van der Waals surface area contributed by atoms with E-state index in [-0.39, 0.29) is 0 Å². The Bertz CT molecular complexity index is 518. The predicted molar refractivity (Wildman–Crippen MR) is 64.6 cm³/mol. The minimum atomic E-state index is 0.294. The average molecular weight is 239 g/mol.